The number of fused-ring (bicyclic) bond motifs is 1. The van der Waals surface area contributed by atoms with Crippen molar-refractivity contribution in [3.63, 3.8) is 0 Å². The molecule has 2 rings (SSSR count). The fourth-order valence-corrected chi connectivity index (χ4v) is 2.18. The first-order valence-electron chi connectivity index (χ1n) is 5.09. The van der Waals surface area contributed by atoms with Gasteiger partial charge in [0.2, 0.25) is 0 Å². The molecule has 0 aliphatic rings. The number of benzene rings is 1. The lowest BCUT2D eigenvalue weighted by Gasteiger charge is -2.00. The van der Waals surface area contributed by atoms with Crippen LogP contribution in [0.5, 0.6) is 0 Å². The van der Waals surface area contributed by atoms with Crippen molar-refractivity contribution in [1.82, 2.24) is 4.98 Å². The van der Waals surface area contributed by atoms with Crippen LogP contribution in [-0.2, 0) is 0 Å². The first-order valence-corrected chi connectivity index (χ1v) is 5.88. The lowest BCUT2D eigenvalue weighted by molar-refractivity contribution is 0.100. The lowest BCUT2D eigenvalue weighted by atomic mass is 10.1. The van der Waals surface area contributed by atoms with E-state index in [4.69, 9.17) is 11.5 Å². The second-order valence-electron chi connectivity index (χ2n) is 3.82. The summed E-state index contributed by atoms with van der Waals surface area (Å²) >= 11 is 3.39. The van der Waals surface area contributed by atoms with E-state index in [1.807, 2.05) is 13.0 Å². The molecular weight excluding hydrogens is 300 g/mol. The lowest BCUT2D eigenvalue weighted by Crippen LogP contribution is -2.22. The monoisotopic (exact) mass is 310 g/mol. The third-order valence-corrected chi connectivity index (χ3v) is 3.52. The molecule has 0 saturated heterocycles. The van der Waals surface area contributed by atoms with Crippen LogP contribution in [0, 0.1) is 6.92 Å². The Hall–Kier alpha value is -2.02. The van der Waals surface area contributed by atoms with E-state index in [0.29, 0.717) is 5.39 Å². The van der Waals surface area contributed by atoms with Gasteiger partial charge in [-0.05, 0) is 18.6 Å². The van der Waals surface area contributed by atoms with Crippen molar-refractivity contribution >= 4 is 44.6 Å². The van der Waals surface area contributed by atoms with Crippen LogP contribution >= 0.6 is 15.9 Å². The van der Waals surface area contributed by atoms with Crippen LogP contribution < -0.4 is 16.8 Å². The molecule has 0 bridgehead atoms. The maximum atomic E-state index is 11.5. The minimum Gasteiger partial charge on any atom is -0.365 e. The van der Waals surface area contributed by atoms with Gasteiger partial charge in [0.1, 0.15) is 5.82 Å². The largest absolute Gasteiger partial charge is 0.365 e. The smallest absolute Gasteiger partial charge is 0.317 e. The van der Waals surface area contributed by atoms with Gasteiger partial charge in [-0.2, -0.15) is 0 Å². The summed E-state index contributed by atoms with van der Waals surface area (Å²) in [5.74, 6) is -0.419. The molecule has 3 amide bonds. The van der Waals surface area contributed by atoms with Gasteiger partial charge in [-0.1, -0.05) is 22.0 Å². The molecule has 0 unspecified atom stereocenters. The van der Waals surface area contributed by atoms with Gasteiger partial charge in [-0.25, -0.2) is 4.79 Å². The quantitative estimate of drug-likeness (QED) is 0.678. The van der Waals surface area contributed by atoms with Crippen molar-refractivity contribution in [3.8, 4) is 0 Å². The number of hydrogen-bond acceptors (Lipinski definition) is 2. The molecule has 0 aliphatic heterocycles. The molecule has 7 heteroatoms. The minimum absolute atomic E-state index is 0.214. The van der Waals surface area contributed by atoms with Gasteiger partial charge in [-0.15, -0.1) is 0 Å². The molecule has 0 aliphatic carbocycles. The summed E-state index contributed by atoms with van der Waals surface area (Å²) in [6.07, 6.45) is 0. The maximum absolute atomic E-state index is 11.5. The number of aromatic amines is 1. The number of halogens is 1. The molecule has 2 aromatic rings. The van der Waals surface area contributed by atoms with E-state index >= 15 is 0 Å². The number of aromatic nitrogens is 1. The van der Waals surface area contributed by atoms with Crippen LogP contribution in [0.1, 0.15) is 15.9 Å². The molecule has 6 nitrogen and oxygen atoms in total. The first-order chi connectivity index (χ1) is 8.41. The van der Waals surface area contributed by atoms with Crippen LogP contribution in [0.2, 0.25) is 0 Å². The number of aryl methyl sites for hydroxylation is 1. The minimum atomic E-state index is -0.763. The number of rotatable bonds is 2. The van der Waals surface area contributed by atoms with Crippen LogP contribution in [0.4, 0.5) is 10.6 Å². The van der Waals surface area contributed by atoms with E-state index in [1.165, 1.54) is 0 Å². The molecule has 0 saturated carbocycles. The number of nitrogens with two attached hydrogens (primary N) is 2. The Kier molecular flexibility index (Phi) is 3.00. The summed E-state index contributed by atoms with van der Waals surface area (Å²) in [5.41, 5.74) is 12.2. The summed E-state index contributed by atoms with van der Waals surface area (Å²) in [7, 11) is 0. The van der Waals surface area contributed by atoms with Crippen LogP contribution in [-0.4, -0.2) is 16.9 Å². The topological polar surface area (TPSA) is 114 Å². The van der Waals surface area contributed by atoms with Crippen molar-refractivity contribution in [2.45, 2.75) is 6.92 Å². The number of carbonyl (C=O) groups excluding carboxylic acids is 2. The molecule has 0 radical (unpaired) electrons. The van der Waals surface area contributed by atoms with Gasteiger partial charge in [0.15, 0.2) is 0 Å². The molecule has 6 N–H and O–H groups in total. The van der Waals surface area contributed by atoms with Crippen molar-refractivity contribution in [3.05, 3.63) is 27.7 Å². The number of hydrogen-bond donors (Lipinski definition) is 4. The highest BCUT2D eigenvalue weighted by Gasteiger charge is 2.18. The zero-order valence-corrected chi connectivity index (χ0v) is 11.1. The fourth-order valence-electron chi connectivity index (χ4n) is 1.85. The predicted octanol–water partition coefficient (Wildman–Crippen LogP) is 1.83. The zero-order chi connectivity index (χ0) is 13.4. The number of anilines is 1. The van der Waals surface area contributed by atoms with E-state index in [2.05, 4.69) is 26.2 Å². The molecular formula is C11H11BrN4O2. The van der Waals surface area contributed by atoms with E-state index in [9.17, 15) is 9.59 Å². The Balaban J connectivity index is 2.78. The molecule has 0 spiro atoms. The zero-order valence-electron chi connectivity index (χ0n) is 9.50. The standard InChI is InChI=1S/C11H11BrN4O2/c1-4-6(12)3-2-5-7(9(13)17)10(15-8(4)5)16-11(14)18/h2-3,15H,1H3,(H2,13,17)(H3,14,16,18). The molecule has 0 fully saturated rings. The van der Waals surface area contributed by atoms with Gasteiger partial charge >= 0.3 is 6.03 Å². The van der Waals surface area contributed by atoms with Crippen LogP contribution in [0.3, 0.4) is 0 Å². The molecule has 94 valence electrons. The van der Waals surface area contributed by atoms with Crippen molar-refractivity contribution in [2.75, 3.05) is 5.32 Å². The first kappa shape index (κ1) is 12.4. The number of nitrogens with one attached hydrogen (secondary N) is 2. The SMILES string of the molecule is Cc1c(Br)ccc2c(C(N)=O)c(NC(N)=O)[nH]c12. The number of urea groups is 1. The average molecular weight is 311 g/mol. The Morgan fingerprint density at radius 2 is 2.00 bits per heavy atom. The highest BCUT2D eigenvalue weighted by molar-refractivity contribution is 9.10. The highest BCUT2D eigenvalue weighted by atomic mass is 79.9. The van der Waals surface area contributed by atoms with Crippen LogP contribution in [0.15, 0.2) is 16.6 Å². The van der Waals surface area contributed by atoms with Gasteiger partial charge in [0.05, 0.1) is 11.1 Å². The van der Waals surface area contributed by atoms with E-state index in [0.717, 1.165) is 15.6 Å². The summed E-state index contributed by atoms with van der Waals surface area (Å²) < 4.78 is 0.887. The van der Waals surface area contributed by atoms with Crippen molar-refractivity contribution in [1.29, 1.82) is 0 Å². The number of primary amides is 2. The average Bonchev–Trinajstić information content (AvgIpc) is 2.61. The van der Waals surface area contributed by atoms with Gasteiger partial charge in [-0.3, -0.25) is 10.1 Å². The van der Waals surface area contributed by atoms with Gasteiger partial charge < -0.3 is 16.5 Å². The third-order valence-electron chi connectivity index (χ3n) is 2.66. The number of carbonyl (C=O) groups is 2. The van der Waals surface area contributed by atoms with Gasteiger partial charge in [0.25, 0.3) is 5.91 Å². The molecule has 18 heavy (non-hydrogen) atoms. The Bertz CT molecular complexity index is 663. The second kappa shape index (κ2) is 4.34. The van der Waals surface area contributed by atoms with E-state index < -0.39 is 11.9 Å². The van der Waals surface area contributed by atoms with Crippen molar-refractivity contribution < 1.29 is 9.59 Å². The Morgan fingerprint density at radius 3 is 2.56 bits per heavy atom. The van der Waals surface area contributed by atoms with Gasteiger partial charge in [0, 0.05) is 9.86 Å². The maximum Gasteiger partial charge on any atom is 0.317 e. The summed E-state index contributed by atoms with van der Waals surface area (Å²) in [5, 5.41) is 3.00. The molecule has 1 heterocycles. The fraction of sp³-hybridized carbons (Fsp3) is 0.0909. The third kappa shape index (κ3) is 1.92. The van der Waals surface area contributed by atoms with Crippen molar-refractivity contribution in [2.24, 2.45) is 11.5 Å². The molecule has 1 aromatic heterocycles. The Labute approximate surface area is 111 Å². The Morgan fingerprint density at radius 1 is 1.33 bits per heavy atom. The summed E-state index contributed by atoms with van der Waals surface area (Å²) in [6.45, 7) is 1.88. The molecule has 1 aromatic carbocycles. The normalized spacial score (nSPS) is 10.6. The molecule has 0 atom stereocenters. The predicted molar refractivity (Wildman–Crippen MR) is 72.5 cm³/mol. The number of amides is 3. The number of H-pyrrole nitrogens is 1. The second-order valence-corrected chi connectivity index (χ2v) is 4.68. The van der Waals surface area contributed by atoms with E-state index in [-0.39, 0.29) is 11.4 Å². The summed E-state index contributed by atoms with van der Waals surface area (Å²) in [6, 6.07) is 2.79. The van der Waals surface area contributed by atoms with E-state index in [1.54, 1.807) is 6.07 Å². The van der Waals surface area contributed by atoms with Crippen LogP contribution in [0.25, 0.3) is 10.9 Å². The highest BCUT2D eigenvalue weighted by Crippen LogP contribution is 2.31. The summed E-state index contributed by atoms with van der Waals surface area (Å²) in [4.78, 5) is 25.3.